The van der Waals surface area contributed by atoms with Gasteiger partial charge in [-0.1, -0.05) is 11.6 Å². The zero-order valence-electron chi connectivity index (χ0n) is 16.3. The number of nitrogens with zero attached hydrogens (tertiary/aromatic N) is 2. The van der Waals surface area contributed by atoms with Gasteiger partial charge < -0.3 is 14.8 Å². The average molecular weight is 446 g/mol. The monoisotopic (exact) mass is 445 g/mol. The van der Waals surface area contributed by atoms with E-state index in [2.05, 4.69) is 10.4 Å². The summed E-state index contributed by atoms with van der Waals surface area (Å²) >= 11 is 7.48. The van der Waals surface area contributed by atoms with Crippen LogP contribution in [0.3, 0.4) is 0 Å². The quantitative estimate of drug-likeness (QED) is 0.443. The summed E-state index contributed by atoms with van der Waals surface area (Å²) in [5.41, 5.74) is 1.92. The molecule has 6 nitrogen and oxygen atoms in total. The maximum Gasteiger partial charge on any atom is 0.265 e. The lowest BCUT2D eigenvalue weighted by Crippen LogP contribution is -2.11. The highest BCUT2D eigenvalue weighted by atomic mass is 35.5. The van der Waals surface area contributed by atoms with Gasteiger partial charge in [0.25, 0.3) is 5.91 Å². The minimum absolute atomic E-state index is 0.305. The molecule has 0 fully saturated rings. The van der Waals surface area contributed by atoms with E-state index in [0.717, 1.165) is 15.9 Å². The predicted molar refractivity (Wildman–Crippen MR) is 116 cm³/mol. The molecule has 2 aromatic carbocycles. The summed E-state index contributed by atoms with van der Waals surface area (Å²) in [7, 11) is 3.00. The van der Waals surface area contributed by atoms with Crippen LogP contribution in [0, 0.1) is 12.7 Å². The summed E-state index contributed by atoms with van der Waals surface area (Å²) in [5.74, 6) is 0.251. The van der Waals surface area contributed by atoms with Gasteiger partial charge in [-0.05, 0) is 43.3 Å². The van der Waals surface area contributed by atoms with E-state index in [9.17, 15) is 9.18 Å². The first-order valence-electron chi connectivity index (χ1n) is 8.89. The normalized spacial score (nSPS) is 11.0. The fourth-order valence-electron chi connectivity index (χ4n) is 3.06. The minimum Gasteiger partial charge on any atom is -0.495 e. The maximum atomic E-state index is 13.3. The SMILES string of the molecule is COc1cc(OC)c(NC(=O)c2cc3c(C)nn(-c4ccc(F)cc4)c3s2)cc1Cl. The molecule has 1 amide bonds. The van der Waals surface area contributed by atoms with Crippen LogP contribution in [-0.2, 0) is 0 Å². The Morgan fingerprint density at radius 2 is 1.83 bits per heavy atom. The molecule has 4 rings (SSSR count). The van der Waals surface area contributed by atoms with Crippen molar-refractivity contribution in [3.8, 4) is 17.2 Å². The van der Waals surface area contributed by atoms with Crippen LogP contribution in [-0.4, -0.2) is 29.9 Å². The molecule has 1 N–H and O–H groups in total. The molecule has 0 saturated carbocycles. The Kier molecular flexibility index (Phi) is 5.36. The van der Waals surface area contributed by atoms with Gasteiger partial charge in [0.2, 0.25) is 0 Å². The van der Waals surface area contributed by atoms with E-state index in [1.165, 1.54) is 37.7 Å². The number of aryl methyl sites for hydroxylation is 1. The number of methoxy groups -OCH3 is 2. The molecule has 0 unspecified atom stereocenters. The topological polar surface area (TPSA) is 65.4 Å². The molecule has 0 saturated heterocycles. The average Bonchev–Trinajstić information content (AvgIpc) is 3.30. The second-order valence-electron chi connectivity index (χ2n) is 6.44. The van der Waals surface area contributed by atoms with Gasteiger partial charge in [-0.2, -0.15) is 5.10 Å². The van der Waals surface area contributed by atoms with E-state index in [0.29, 0.717) is 32.8 Å². The number of carbonyl (C=O) groups excluding carboxylic acids is 1. The van der Waals surface area contributed by atoms with Gasteiger partial charge in [0.15, 0.2) is 0 Å². The van der Waals surface area contributed by atoms with Gasteiger partial charge in [0.05, 0.1) is 41.2 Å². The molecule has 2 heterocycles. The van der Waals surface area contributed by atoms with Gasteiger partial charge in [0, 0.05) is 11.5 Å². The smallest absolute Gasteiger partial charge is 0.265 e. The summed E-state index contributed by atoms with van der Waals surface area (Å²) in [6.07, 6.45) is 0. The number of amides is 1. The first kappa shape index (κ1) is 20.2. The standard InChI is InChI=1S/C21H17ClFN3O3S/c1-11-14-8-19(30-21(14)26(25-11)13-6-4-12(23)5-7-13)20(27)24-16-9-15(22)17(28-2)10-18(16)29-3/h4-10H,1-3H3,(H,24,27). The van der Waals surface area contributed by atoms with Crippen LogP contribution >= 0.6 is 22.9 Å². The van der Waals surface area contributed by atoms with Gasteiger partial charge in [-0.25, -0.2) is 9.07 Å². The van der Waals surface area contributed by atoms with Crippen molar-refractivity contribution in [1.82, 2.24) is 9.78 Å². The third kappa shape index (κ3) is 3.59. The number of benzene rings is 2. The highest BCUT2D eigenvalue weighted by molar-refractivity contribution is 7.20. The highest BCUT2D eigenvalue weighted by Gasteiger charge is 2.19. The maximum absolute atomic E-state index is 13.3. The molecule has 0 radical (unpaired) electrons. The number of thiophene rings is 1. The number of hydrogen-bond acceptors (Lipinski definition) is 5. The number of hydrogen-bond donors (Lipinski definition) is 1. The van der Waals surface area contributed by atoms with Crippen LogP contribution in [0.25, 0.3) is 15.9 Å². The Morgan fingerprint density at radius 3 is 2.50 bits per heavy atom. The van der Waals surface area contributed by atoms with Crippen LogP contribution in [0.2, 0.25) is 5.02 Å². The van der Waals surface area contributed by atoms with Gasteiger partial charge >= 0.3 is 0 Å². The lowest BCUT2D eigenvalue weighted by Gasteiger charge is -2.12. The number of halogens is 2. The summed E-state index contributed by atoms with van der Waals surface area (Å²) in [6.45, 7) is 1.86. The van der Waals surface area contributed by atoms with Crippen LogP contribution < -0.4 is 14.8 Å². The lowest BCUT2D eigenvalue weighted by atomic mass is 10.2. The fraction of sp³-hybridized carbons (Fsp3) is 0.143. The van der Waals surface area contributed by atoms with Crippen molar-refractivity contribution >= 4 is 44.7 Å². The lowest BCUT2D eigenvalue weighted by molar-refractivity contribution is 0.103. The number of nitrogens with one attached hydrogen (secondary N) is 1. The Hall–Kier alpha value is -3.10. The van der Waals surface area contributed by atoms with Crippen molar-refractivity contribution in [2.24, 2.45) is 0 Å². The number of aromatic nitrogens is 2. The van der Waals surface area contributed by atoms with Crippen LogP contribution in [0.1, 0.15) is 15.4 Å². The summed E-state index contributed by atoms with van der Waals surface area (Å²) in [6, 6.07) is 11.0. The molecule has 0 aliphatic rings. The molecule has 4 aromatic rings. The molecule has 154 valence electrons. The zero-order valence-corrected chi connectivity index (χ0v) is 17.9. The molecule has 0 aliphatic heterocycles. The van der Waals surface area contributed by atoms with E-state index in [1.807, 2.05) is 6.92 Å². The van der Waals surface area contributed by atoms with Crippen molar-refractivity contribution in [1.29, 1.82) is 0 Å². The fourth-order valence-corrected chi connectivity index (χ4v) is 4.38. The number of rotatable bonds is 5. The summed E-state index contributed by atoms with van der Waals surface area (Å²) in [4.78, 5) is 14.2. The van der Waals surface area contributed by atoms with Crippen molar-refractivity contribution in [3.63, 3.8) is 0 Å². The predicted octanol–water partition coefficient (Wildman–Crippen LogP) is 5.46. The molecule has 0 spiro atoms. The van der Waals surface area contributed by atoms with Crippen LogP contribution in [0.15, 0.2) is 42.5 Å². The van der Waals surface area contributed by atoms with E-state index in [1.54, 1.807) is 35.0 Å². The molecule has 30 heavy (non-hydrogen) atoms. The van der Waals surface area contributed by atoms with E-state index >= 15 is 0 Å². The second-order valence-corrected chi connectivity index (χ2v) is 7.88. The van der Waals surface area contributed by atoms with Crippen LogP contribution in [0.4, 0.5) is 10.1 Å². The highest BCUT2D eigenvalue weighted by Crippen LogP contribution is 2.37. The van der Waals surface area contributed by atoms with E-state index in [-0.39, 0.29) is 11.7 Å². The number of fused-ring (bicyclic) bond motifs is 1. The molecular formula is C21H17ClFN3O3S. The Morgan fingerprint density at radius 1 is 1.13 bits per heavy atom. The largest absolute Gasteiger partial charge is 0.495 e. The Bertz CT molecular complexity index is 1250. The number of ether oxygens (including phenoxy) is 2. The van der Waals surface area contributed by atoms with Gasteiger partial charge in [-0.15, -0.1) is 11.3 Å². The van der Waals surface area contributed by atoms with E-state index in [4.69, 9.17) is 21.1 Å². The molecule has 0 atom stereocenters. The number of carbonyl (C=O) groups is 1. The molecule has 0 bridgehead atoms. The first-order valence-corrected chi connectivity index (χ1v) is 10.1. The minimum atomic E-state index is -0.322. The van der Waals surface area contributed by atoms with E-state index < -0.39 is 0 Å². The molecule has 0 aliphatic carbocycles. The van der Waals surface area contributed by atoms with Gasteiger partial charge in [0.1, 0.15) is 22.1 Å². The summed E-state index contributed by atoms with van der Waals surface area (Å²) < 4.78 is 25.5. The van der Waals surface area contributed by atoms with Crippen molar-refractivity contribution in [2.45, 2.75) is 6.92 Å². The first-order chi connectivity index (χ1) is 14.4. The number of anilines is 1. The third-order valence-electron chi connectivity index (χ3n) is 4.56. The molecule has 2 aromatic heterocycles. The second kappa shape index (κ2) is 7.97. The molecular weight excluding hydrogens is 429 g/mol. The Labute approximate surface area is 180 Å². The van der Waals surface area contributed by atoms with Crippen molar-refractivity contribution in [2.75, 3.05) is 19.5 Å². The van der Waals surface area contributed by atoms with Gasteiger partial charge in [-0.3, -0.25) is 4.79 Å². The van der Waals surface area contributed by atoms with Crippen molar-refractivity contribution in [3.05, 3.63) is 63.9 Å². The zero-order chi connectivity index (χ0) is 21.4. The summed E-state index contributed by atoms with van der Waals surface area (Å²) in [5, 5.41) is 8.56. The van der Waals surface area contributed by atoms with Crippen LogP contribution in [0.5, 0.6) is 11.5 Å². The third-order valence-corrected chi connectivity index (χ3v) is 5.97. The Balaban J connectivity index is 1.69. The van der Waals surface area contributed by atoms with Crippen molar-refractivity contribution < 1.29 is 18.7 Å². The molecule has 9 heteroatoms.